The number of amides is 1. The summed E-state index contributed by atoms with van der Waals surface area (Å²) < 4.78 is 38.7. The van der Waals surface area contributed by atoms with Gasteiger partial charge >= 0.3 is 6.18 Å². The largest absolute Gasteiger partial charge is 0.435 e. The average Bonchev–Trinajstić information content (AvgIpc) is 3.16. The minimum atomic E-state index is -4.43. The number of hydrogen-bond acceptors (Lipinski definition) is 3. The van der Waals surface area contributed by atoms with Gasteiger partial charge in [0.2, 0.25) is 5.91 Å². The molecule has 1 unspecified atom stereocenters. The summed E-state index contributed by atoms with van der Waals surface area (Å²) >= 11 is 0. The maximum atomic E-state index is 12.5. The molecule has 1 aliphatic heterocycles. The molecule has 5 nitrogen and oxygen atoms in total. The Kier molecular flexibility index (Phi) is 4.57. The normalized spacial score (nSPS) is 18.4. The Morgan fingerprint density at radius 1 is 1.21 bits per heavy atom. The molecule has 0 radical (unpaired) electrons. The Hall–Kier alpha value is -2.35. The van der Waals surface area contributed by atoms with Gasteiger partial charge in [-0.25, -0.2) is 0 Å². The molecule has 1 aliphatic rings. The van der Waals surface area contributed by atoms with Crippen molar-refractivity contribution in [3.8, 4) is 0 Å². The number of hydrogen-bond donors (Lipinski definition) is 1. The van der Waals surface area contributed by atoms with Crippen LogP contribution in [-0.2, 0) is 17.5 Å². The van der Waals surface area contributed by atoms with E-state index < -0.39 is 11.9 Å². The summed E-state index contributed by atoms with van der Waals surface area (Å²) in [6, 6.07) is 10.0. The number of halogens is 3. The lowest BCUT2D eigenvalue weighted by Gasteiger charge is -2.17. The van der Waals surface area contributed by atoms with E-state index in [4.69, 9.17) is 0 Å². The first-order valence-corrected chi connectivity index (χ1v) is 7.65. The lowest BCUT2D eigenvalue weighted by Crippen LogP contribution is -2.39. The van der Waals surface area contributed by atoms with E-state index in [-0.39, 0.29) is 18.5 Å². The van der Waals surface area contributed by atoms with Gasteiger partial charge in [-0.15, -0.1) is 0 Å². The monoisotopic (exact) mass is 338 g/mol. The fourth-order valence-electron chi connectivity index (χ4n) is 2.72. The summed E-state index contributed by atoms with van der Waals surface area (Å²) in [6.45, 7) is 1.27. The van der Waals surface area contributed by atoms with Gasteiger partial charge in [0, 0.05) is 25.0 Å². The van der Waals surface area contributed by atoms with E-state index in [2.05, 4.69) is 10.4 Å². The van der Waals surface area contributed by atoms with Crippen molar-refractivity contribution in [2.45, 2.75) is 25.2 Å². The van der Waals surface area contributed by atoms with Crippen LogP contribution in [-0.4, -0.2) is 34.8 Å². The topological polar surface area (TPSA) is 50.2 Å². The second-order valence-corrected chi connectivity index (χ2v) is 5.58. The Labute approximate surface area is 137 Å². The highest BCUT2D eigenvalue weighted by atomic mass is 19.4. The molecule has 0 aliphatic carbocycles. The number of benzene rings is 1. The third-order valence-electron chi connectivity index (χ3n) is 3.94. The van der Waals surface area contributed by atoms with Crippen LogP contribution in [0.4, 0.5) is 18.9 Å². The molecule has 1 aromatic carbocycles. The van der Waals surface area contributed by atoms with Crippen LogP contribution in [0.15, 0.2) is 42.6 Å². The summed E-state index contributed by atoms with van der Waals surface area (Å²) in [4.78, 5) is 14.1. The molecule has 1 amide bonds. The van der Waals surface area contributed by atoms with Crippen LogP contribution in [0.5, 0.6) is 0 Å². The zero-order valence-electron chi connectivity index (χ0n) is 12.8. The molecule has 2 heterocycles. The number of alkyl halides is 3. The molecule has 1 fully saturated rings. The zero-order chi connectivity index (χ0) is 17.2. The summed E-state index contributed by atoms with van der Waals surface area (Å²) in [7, 11) is 0. The number of aromatic nitrogens is 2. The molecule has 8 heteroatoms. The lowest BCUT2D eigenvalue weighted by atomic mass is 10.2. The van der Waals surface area contributed by atoms with Crippen LogP contribution < -0.4 is 10.2 Å². The van der Waals surface area contributed by atoms with E-state index in [1.807, 2.05) is 30.3 Å². The molecule has 1 N–H and O–H groups in total. The third-order valence-corrected chi connectivity index (χ3v) is 3.94. The molecule has 24 heavy (non-hydrogen) atoms. The molecule has 0 bridgehead atoms. The molecular formula is C16H17F3N4O. The molecule has 1 atom stereocenters. The number of anilines is 1. The first-order chi connectivity index (χ1) is 11.4. The number of nitrogens with zero attached hydrogens (tertiary/aromatic N) is 3. The van der Waals surface area contributed by atoms with E-state index in [1.165, 1.54) is 10.9 Å². The predicted octanol–water partition coefficient (Wildman–Crippen LogP) is 2.30. The maximum Gasteiger partial charge on any atom is 0.435 e. The van der Waals surface area contributed by atoms with Crippen molar-refractivity contribution >= 4 is 11.6 Å². The van der Waals surface area contributed by atoms with E-state index in [0.29, 0.717) is 19.5 Å². The number of carbonyl (C=O) groups excluding carboxylic acids is 1. The molecule has 3 rings (SSSR count). The highest BCUT2D eigenvalue weighted by molar-refractivity contribution is 5.99. The number of carbonyl (C=O) groups is 1. The number of para-hydroxylation sites is 1. The van der Waals surface area contributed by atoms with Crippen LogP contribution in [0.1, 0.15) is 12.1 Å². The lowest BCUT2D eigenvalue weighted by molar-refractivity contribution is -0.141. The van der Waals surface area contributed by atoms with Gasteiger partial charge in [0.05, 0.1) is 12.6 Å². The van der Waals surface area contributed by atoms with E-state index >= 15 is 0 Å². The molecule has 0 saturated carbocycles. The number of rotatable bonds is 5. The van der Waals surface area contributed by atoms with Crippen LogP contribution in [0, 0.1) is 0 Å². The van der Waals surface area contributed by atoms with Gasteiger partial charge in [0.25, 0.3) is 0 Å². The van der Waals surface area contributed by atoms with Crippen molar-refractivity contribution in [3.05, 3.63) is 48.3 Å². The quantitative estimate of drug-likeness (QED) is 0.910. The molecule has 2 aromatic rings. The first kappa shape index (κ1) is 16.5. The fourth-order valence-corrected chi connectivity index (χ4v) is 2.72. The van der Waals surface area contributed by atoms with E-state index in [1.54, 1.807) is 4.90 Å². The fraction of sp³-hybridized carbons (Fsp3) is 0.375. The van der Waals surface area contributed by atoms with Gasteiger partial charge in [-0.05, 0) is 24.6 Å². The summed E-state index contributed by atoms with van der Waals surface area (Å²) in [5.41, 5.74) is -0.0524. The smallest absolute Gasteiger partial charge is 0.311 e. The second kappa shape index (κ2) is 6.64. The van der Waals surface area contributed by atoms with Crippen LogP contribution >= 0.6 is 0 Å². The average molecular weight is 338 g/mol. The third kappa shape index (κ3) is 3.59. The Bertz CT molecular complexity index is 699. The van der Waals surface area contributed by atoms with Crippen molar-refractivity contribution in [3.63, 3.8) is 0 Å². The van der Waals surface area contributed by atoms with Gasteiger partial charge in [0.1, 0.15) is 0 Å². The van der Waals surface area contributed by atoms with Crippen molar-refractivity contribution in [2.75, 3.05) is 18.0 Å². The van der Waals surface area contributed by atoms with Crippen molar-refractivity contribution in [1.82, 2.24) is 15.1 Å². The SMILES string of the molecule is O=C1C(NCCn2ccc(C(F)(F)F)n2)CCN1c1ccccc1. The van der Waals surface area contributed by atoms with Gasteiger partial charge in [-0.2, -0.15) is 18.3 Å². The molecule has 0 spiro atoms. The predicted molar refractivity (Wildman–Crippen MR) is 82.4 cm³/mol. The summed E-state index contributed by atoms with van der Waals surface area (Å²) in [5, 5.41) is 6.58. The van der Waals surface area contributed by atoms with Gasteiger partial charge in [-0.3, -0.25) is 9.48 Å². The van der Waals surface area contributed by atoms with Crippen molar-refractivity contribution < 1.29 is 18.0 Å². The standard InChI is InChI=1S/C16H17F3N4O/c17-16(18,19)14-7-9-22(21-14)11-8-20-13-6-10-23(15(13)24)12-4-2-1-3-5-12/h1-5,7,9,13,20H,6,8,10-11H2. The number of nitrogens with one attached hydrogen (secondary N) is 1. The minimum Gasteiger partial charge on any atom is -0.311 e. The Morgan fingerprint density at radius 3 is 2.62 bits per heavy atom. The highest BCUT2D eigenvalue weighted by Gasteiger charge is 2.34. The summed E-state index contributed by atoms with van der Waals surface area (Å²) in [5.74, 6) is -0.0161. The Balaban J connectivity index is 1.51. The zero-order valence-corrected chi connectivity index (χ0v) is 12.8. The Morgan fingerprint density at radius 2 is 1.96 bits per heavy atom. The van der Waals surface area contributed by atoms with Crippen molar-refractivity contribution in [1.29, 1.82) is 0 Å². The highest BCUT2D eigenvalue weighted by Crippen LogP contribution is 2.27. The van der Waals surface area contributed by atoms with Gasteiger partial charge in [0.15, 0.2) is 5.69 Å². The molecular weight excluding hydrogens is 321 g/mol. The summed E-state index contributed by atoms with van der Waals surface area (Å²) in [6.07, 6.45) is -2.48. The van der Waals surface area contributed by atoms with Crippen LogP contribution in [0.25, 0.3) is 0 Å². The molecule has 1 aromatic heterocycles. The molecule has 128 valence electrons. The second-order valence-electron chi connectivity index (χ2n) is 5.58. The van der Waals surface area contributed by atoms with E-state index in [9.17, 15) is 18.0 Å². The van der Waals surface area contributed by atoms with Gasteiger partial charge < -0.3 is 10.2 Å². The van der Waals surface area contributed by atoms with E-state index in [0.717, 1.165) is 11.8 Å². The first-order valence-electron chi connectivity index (χ1n) is 7.65. The van der Waals surface area contributed by atoms with Crippen molar-refractivity contribution in [2.24, 2.45) is 0 Å². The molecule has 1 saturated heterocycles. The minimum absolute atomic E-state index is 0.0161. The van der Waals surface area contributed by atoms with Gasteiger partial charge in [-0.1, -0.05) is 18.2 Å². The van der Waals surface area contributed by atoms with Crippen LogP contribution in [0.2, 0.25) is 0 Å². The maximum absolute atomic E-state index is 12.5. The van der Waals surface area contributed by atoms with Crippen LogP contribution in [0.3, 0.4) is 0 Å².